The van der Waals surface area contributed by atoms with Gasteiger partial charge in [0.1, 0.15) is 11.6 Å². The lowest BCUT2D eigenvalue weighted by Crippen LogP contribution is -2.23. The first-order valence-electron chi connectivity index (χ1n) is 8.37. The van der Waals surface area contributed by atoms with E-state index in [0.717, 1.165) is 0 Å². The van der Waals surface area contributed by atoms with Crippen molar-refractivity contribution >= 4 is 40.9 Å². The quantitative estimate of drug-likeness (QED) is 0.613. The minimum Gasteiger partial charge on any atom is -0.495 e. The zero-order valence-corrected chi connectivity index (χ0v) is 16.9. The van der Waals surface area contributed by atoms with Gasteiger partial charge in [0, 0.05) is 24.4 Å². The average Bonchev–Trinajstić information content (AvgIpc) is 3.01. The van der Waals surface area contributed by atoms with Crippen molar-refractivity contribution in [3.05, 3.63) is 29.0 Å². The van der Waals surface area contributed by atoms with Crippen LogP contribution in [0.25, 0.3) is 0 Å². The number of hydrogen-bond donors (Lipinski definition) is 2. The summed E-state index contributed by atoms with van der Waals surface area (Å²) in [6.45, 7) is 4.34. The van der Waals surface area contributed by atoms with Crippen molar-refractivity contribution in [3.63, 3.8) is 0 Å². The topological polar surface area (TPSA) is 112 Å². The number of halogens is 1. The van der Waals surface area contributed by atoms with Crippen molar-refractivity contribution in [3.8, 4) is 5.75 Å². The molecule has 0 saturated heterocycles. The first-order valence-corrected chi connectivity index (χ1v) is 9.62. The summed E-state index contributed by atoms with van der Waals surface area (Å²) in [6, 6.07) is 5.01. The summed E-state index contributed by atoms with van der Waals surface area (Å²) >= 11 is 7.28. The third kappa shape index (κ3) is 5.61. The number of methoxy groups -OCH3 is 1. The lowest BCUT2D eigenvalue weighted by atomic mass is 10.3. The highest BCUT2D eigenvalue weighted by atomic mass is 35.5. The molecule has 1 heterocycles. The van der Waals surface area contributed by atoms with Crippen LogP contribution in [0, 0.1) is 0 Å². The summed E-state index contributed by atoms with van der Waals surface area (Å²) < 4.78 is 7.11. The number of rotatable bonds is 9. The van der Waals surface area contributed by atoms with E-state index >= 15 is 0 Å². The number of aryl methyl sites for hydroxylation is 1. The second kappa shape index (κ2) is 9.61. The highest BCUT2D eigenvalue weighted by molar-refractivity contribution is 8.00. The van der Waals surface area contributed by atoms with E-state index < -0.39 is 11.2 Å². The summed E-state index contributed by atoms with van der Waals surface area (Å²) in [5, 5.41) is 11.7. The molecule has 0 aliphatic rings. The summed E-state index contributed by atoms with van der Waals surface area (Å²) in [5.74, 6) is 0.585. The van der Waals surface area contributed by atoms with Gasteiger partial charge < -0.3 is 20.4 Å². The molecule has 0 saturated carbocycles. The second-order valence-corrected chi connectivity index (χ2v) is 7.45. The van der Waals surface area contributed by atoms with Crippen molar-refractivity contribution in [1.82, 2.24) is 14.8 Å². The van der Waals surface area contributed by atoms with Crippen LogP contribution >= 0.6 is 23.4 Å². The third-order valence-electron chi connectivity index (χ3n) is 3.78. The van der Waals surface area contributed by atoms with E-state index in [-0.39, 0.29) is 12.3 Å². The van der Waals surface area contributed by atoms with Gasteiger partial charge in [-0.25, -0.2) is 0 Å². The molecule has 8 nitrogen and oxygen atoms in total. The Kier molecular flexibility index (Phi) is 7.49. The van der Waals surface area contributed by atoms with Crippen LogP contribution in [-0.2, 0) is 22.6 Å². The molecule has 2 amide bonds. The van der Waals surface area contributed by atoms with Crippen LogP contribution in [0.1, 0.15) is 26.1 Å². The number of amides is 2. The number of aromatic nitrogens is 3. The molecule has 0 fully saturated rings. The van der Waals surface area contributed by atoms with Crippen LogP contribution in [0.15, 0.2) is 23.4 Å². The van der Waals surface area contributed by atoms with Crippen molar-refractivity contribution < 1.29 is 14.3 Å². The van der Waals surface area contributed by atoms with Crippen LogP contribution in [0.3, 0.4) is 0 Å². The van der Waals surface area contributed by atoms with Crippen molar-refractivity contribution in [2.24, 2.45) is 5.73 Å². The standard InChI is InChI=1S/C17H22ClN5O3S/c1-4-23-15(8-7-14(19)24)21-22-17(23)27-10(2)16(25)20-12-9-11(18)5-6-13(12)26-3/h5-6,9-10H,4,7-8H2,1-3H3,(H2,19,24)(H,20,25)/t10-/m0/s1. The maximum atomic E-state index is 12.6. The molecule has 0 bridgehead atoms. The van der Waals surface area contributed by atoms with E-state index in [1.54, 1.807) is 25.1 Å². The molecule has 0 radical (unpaired) electrons. The van der Waals surface area contributed by atoms with Crippen LogP contribution in [0.4, 0.5) is 5.69 Å². The second-order valence-electron chi connectivity index (χ2n) is 5.70. The number of carbonyl (C=O) groups is 2. The van der Waals surface area contributed by atoms with Gasteiger partial charge >= 0.3 is 0 Å². The molecular weight excluding hydrogens is 390 g/mol. The zero-order chi connectivity index (χ0) is 20.0. The first-order chi connectivity index (χ1) is 12.8. The number of carbonyl (C=O) groups excluding carboxylic acids is 2. The molecule has 1 aromatic heterocycles. The lowest BCUT2D eigenvalue weighted by molar-refractivity contribution is -0.118. The predicted molar refractivity (Wildman–Crippen MR) is 105 cm³/mol. The Morgan fingerprint density at radius 2 is 2.15 bits per heavy atom. The number of hydrogen-bond acceptors (Lipinski definition) is 6. The number of primary amides is 1. The zero-order valence-electron chi connectivity index (χ0n) is 15.4. The maximum absolute atomic E-state index is 12.6. The largest absolute Gasteiger partial charge is 0.495 e. The van der Waals surface area contributed by atoms with Crippen LogP contribution in [0.2, 0.25) is 5.02 Å². The fourth-order valence-corrected chi connectivity index (χ4v) is 3.47. The molecule has 1 aromatic carbocycles. The van der Waals surface area contributed by atoms with Crippen LogP contribution in [-0.4, -0.2) is 38.9 Å². The van der Waals surface area contributed by atoms with E-state index in [1.165, 1.54) is 18.9 Å². The van der Waals surface area contributed by atoms with Gasteiger partial charge in [0.05, 0.1) is 18.0 Å². The number of benzene rings is 1. The average molecular weight is 412 g/mol. The SMILES string of the molecule is CCn1c(CCC(N)=O)nnc1S[C@@H](C)C(=O)Nc1cc(Cl)ccc1OC. The molecule has 3 N–H and O–H groups in total. The van der Waals surface area contributed by atoms with Gasteiger partial charge in [-0.15, -0.1) is 10.2 Å². The number of nitrogens with two attached hydrogens (primary N) is 1. The van der Waals surface area contributed by atoms with Crippen LogP contribution < -0.4 is 15.8 Å². The molecule has 146 valence electrons. The van der Waals surface area contributed by atoms with E-state index in [0.29, 0.717) is 40.4 Å². The summed E-state index contributed by atoms with van der Waals surface area (Å²) in [5.41, 5.74) is 5.69. The van der Waals surface area contributed by atoms with Gasteiger partial charge in [-0.1, -0.05) is 23.4 Å². The van der Waals surface area contributed by atoms with Gasteiger partial charge in [-0.2, -0.15) is 0 Å². The molecule has 0 spiro atoms. The number of thioether (sulfide) groups is 1. The maximum Gasteiger partial charge on any atom is 0.237 e. The molecule has 2 aromatic rings. The Labute approximate surface area is 166 Å². The molecule has 2 rings (SSSR count). The van der Waals surface area contributed by atoms with E-state index in [1.807, 2.05) is 11.5 Å². The van der Waals surface area contributed by atoms with Gasteiger partial charge in [0.25, 0.3) is 0 Å². The number of nitrogens with zero attached hydrogens (tertiary/aromatic N) is 3. The highest BCUT2D eigenvalue weighted by Gasteiger charge is 2.21. The molecule has 10 heteroatoms. The van der Waals surface area contributed by atoms with E-state index in [2.05, 4.69) is 15.5 Å². The van der Waals surface area contributed by atoms with Crippen molar-refractivity contribution in [2.45, 2.75) is 43.6 Å². The van der Waals surface area contributed by atoms with Gasteiger partial charge in [-0.3, -0.25) is 9.59 Å². The van der Waals surface area contributed by atoms with Gasteiger partial charge in [0.15, 0.2) is 5.16 Å². The molecule has 0 aliphatic heterocycles. The number of anilines is 1. The Morgan fingerprint density at radius 1 is 1.41 bits per heavy atom. The monoisotopic (exact) mass is 411 g/mol. The minimum absolute atomic E-state index is 0.202. The molecular formula is C17H22ClN5O3S. The summed E-state index contributed by atoms with van der Waals surface area (Å²) in [4.78, 5) is 23.6. The van der Waals surface area contributed by atoms with Gasteiger partial charge in [0.2, 0.25) is 11.8 Å². The van der Waals surface area contributed by atoms with Gasteiger partial charge in [-0.05, 0) is 32.0 Å². The van der Waals surface area contributed by atoms with Crippen LogP contribution in [0.5, 0.6) is 5.75 Å². The Bertz CT molecular complexity index is 827. The lowest BCUT2D eigenvalue weighted by Gasteiger charge is -2.14. The molecule has 1 atom stereocenters. The normalized spacial score (nSPS) is 11.9. The third-order valence-corrected chi connectivity index (χ3v) is 5.09. The van der Waals surface area contributed by atoms with E-state index in [9.17, 15) is 9.59 Å². The van der Waals surface area contributed by atoms with E-state index in [4.69, 9.17) is 22.1 Å². The summed E-state index contributed by atoms with van der Waals surface area (Å²) in [7, 11) is 1.52. The predicted octanol–water partition coefficient (Wildman–Crippen LogP) is 2.50. The molecule has 0 aliphatic carbocycles. The van der Waals surface area contributed by atoms with Crippen molar-refractivity contribution in [1.29, 1.82) is 0 Å². The smallest absolute Gasteiger partial charge is 0.237 e. The minimum atomic E-state index is -0.438. The summed E-state index contributed by atoms with van der Waals surface area (Å²) in [6.07, 6.45) is 0.616. The fraction of sp³-hybridized carbons (Fsp3) is 0.412. The van der Waals surface area contributed by atoms with Crippen molar-refractivity contribution in [2.75, 3.05) is 12.4 Å². The first kappa shape index (κ1) is 21.0. The fourth-order valence-electron chi connectivity index (χ4n) is 2.37. The number of ether oxygens (including phenoxy) is 1. The highest BCUT2D eigenvalue weighted by Crippen LogP contribution is 2.29. The molecule has 0 unspecified atom stereocenters. The Hall–Kier alpha value is -2.26. The molecule has 27 heavy (non-hydrogen) atoms. The Balaban J connectivity index is 2.08. The number of nitrogens with one attached hydrogen (secondary N) is 1. The Morgan fingerprint density at radius 3 is 2.78 bits per heavy atom.